The number of aromatic nitrogens is 1. The van der Waals surface area contributed by atoms with Crippen molar-refractivity contribution >= 4 is 17.1 Å². The molecule has 0 unspecified atom stereocenters. The van der Waals surface area contributed by atoms with Crippen LogP contribution in [0.3, 0.4) is 0 Å². The normalized spacial score (nSPS) is 10.3. The van der Waals surface area contributed by atoms with Crippen LogP contribution in [0.5, 0.6) is 5.75 Å². The summed E-state index contributed by atoms with van der Waals surface area (Å²) in [6.07, 6.45) is 0.693. The molecule has 0 radical (unpaired) electrons. The number of phenols is 1. The molecule has 0 saturated carbocycles. The molecular formula is C12H11NO2S. The van der Waals surface area contributed by atoms with Gasteiger partial charge in [0, 0.05) is 18.7 Å². The minimum absolute atomic E-state index is 0.00629. The van der Waals surface area contributed by atoms with Gasteiger partial charge in [0.2, 0.25) is 0 Å². The molecule has 0 fully saturated rings. The highest BCUT2D eigenvalue weighted by Gasteiger charge is 2.06. The van der Waals surface area contributed by atoms with Crippen LogP contribution in [0, 0.1) is 0 Å². The smallest absolute Gasteiger partial charge is 0.178 e. The Morgan fingerprint density at radius 1 is 1.38 bits per heavy atom. The Labute approximate surface area is 97.4 Å². The van der Waals surface area contributed by atoms with Gasteiger partial charge in [-0.15, -0.1) is 11.3 Å². The second kappa shape index (κ2) is 4.45. The van der Waals surface area contributed by atoms with E-state index in [0.29, 0.717) is 12.1 Å². The molecule has 0 aliphatic carbocycles. The van der Waals surface area contributed by atoms with Crippen molar-refractivity contribution in [2.75, 3.05) is 0 Å². The first kappa shape index (κ1) is 10.8. The second-order valence-corrected chi connectivity index (χ2v) is 4.47. The lowest BCUT2D eigenvalue weighted by atomic mass is 10.1. The zero-order valence-corrected chi connectivity index (χ0v) is 9.62. The number of hydrogen-bond acceptors (Lipinski definition) is 4. The van der Waals surface area contributed by atoms with Crippen LogP contribution in [-0.2, 0) is 6.42 Å². The fourth-order valence-electron chi connectivity index (χ4n) is 1.34. The third-order valence-corrected chi connectivity index (χ3v) is 3.05. The number of ketones is 1. The van der Waals surface area contributed by atoms with Crippen molar-refractivity contribution in [3.05, 3.63) is 45.9 Å². The van der Waals surface area contributed by atoms with Gasteiger partial charge in [0.1, 0.15) is 11.4 Å². The number of carbonyl (C=O) groups excluding carboxylic acids is 1. The Morgan fingerprint density at radius 3 is 2.62 bits per heavy atom. The lowest BCUT2D eigenvalue weighted by molar-refractivity contribution is 0.101. The summed E-state index contributed by atoms with van der Waals surface area (Å²) in [5.41, 5.74) is 1.60. The van der Waals surface area contributed by atoms with Crippen LogP contribution >= 0.6 is 11.3 Å². The van der Waals surface area contributed by atoms with Crippen LogP contribution in [0.2, 0.25) is 0 Å². The van der Waals surface area contributed by atoms with E-state index in [4.69, 9.17) is 5.11 Å². The zero-order valence-electron chi connectivity index (χ0n) is 8.80. The molecule has 0 amide bonds. The molecule has 2 aromatic rings. The Morgan fingerprint density at radius 2 is 2.06 bits per heavy atom. The van der Waals surface area contributed by atoms with Crippen LogP contribution in [0.15, 0.2) is 29.6 Å². The molecule has 0 atom stereocenters. The number of nitrogens with zero attached hydrogens (tertiary/aromatic N) is 1. The van der Waals surface area contributed by atoms with E-state index in [1.807, 2.05) is 12.1 Å². The first-order chi connectivity index (χ1) is 7.65. The molecule has 0 aliphatic rings. The maximum absolute atomic E-state index is 11.1. The van der Waals surface area contributed by atoms with E-state index in [1.54, 1.807) is 17.5 Å². The SMILES string of the molecule is CC(=O)c1csc(Cc2ccc(O)cc2)n1. The van der Waals surface area contributed by atoms with E-state index in [-0.39, 0.29) is 11.5 Å². The van der Waals surface area contributed by atoms with Crippen molar-refractivity contribution in [1.82, 2.24) is 4.98 Å². The summed E-state index contributed by atoms with van der Waals surface area (Å²) in [5, 5.41) is 11.8. The average Bonchev–Trinajstić information content (AvgIpc) is 2.70. The van der Waals surface area contributed by atoms with E-state index in [2.05, 4.69) is 4.98 Å². The van der Waals surface area contributed by atoms with Crippen molar-refractivity contribution < 1.29 is 9.90 Å². The molecule has 0 spiro atoms. The molecule has 1 N–H and O–H groups in total. The molecule has 3 nitrogen and oxygen atoms in total. The highest BCUT2D eigenvalue weighted by Crippen LogP contribution is 2.17. The number of hydrogen-bond donors (Lipinski definition) is 1. The fraction of sp³-hybridized carbons (Fsp3) is 0.167. The summed E-state index contributed by atoms with van der Waals surface area (Å²) >= 11 is 1.48. The summed E-state index contributed by atoms with van der Waals surface area (Å²) < 4.78 is 0. The summed E-state index contributed by atoms with van der Waals surface area (Å²) in [5.74, 6) is 0.250. The van der Waals surface area contributed by atoms with Crippen molar-refractivity contribution in [2.24, 2.45) is 0 Å². The second-order valence-electron chi connectivity index (χ2n) is 3.53. The molecule has 2 rings (SSSR count). The first-order valence-corrected chi connectivity index (χ1v) is 5.76. The highest BCUT2D eigenvalue weighted by molar-refractivity contribution is 7.09. The Kier molecular flexibility index (Phi) is 3.01. The third kappa shape index (κ3) is 2.46. The number of phenolic OH excluding ortho intramolecular Hbond substituents is 1. The van der Waals surface area contributed by atoms with Gasteiger partial charge in [-0.1, -0.05) is 12.1 Å². The van der Waals surface area contributed by atoms with Crippen LogP contribution in [-0.4, -0.2) is 15.9 Å². The largest absolute Gasteiger partial charge is 0.508 e. The average molecular weight is 233 g/mol. The van der Waals surface area contributed by atoms with Crippen molar-refractivity contribution in [3.8, 4) is 5.75 Å². The van der Waals surface area contributed by atoms with Crippen molar-refractivity contribution in [2.45, 2.75) is 13.3 Å². The summed E-state index contributed by atoms with van der Waals surface area (Å²) in [4.78, 5) is 15.3. The number of Topliss-reactive ketones (excluding diaryl/α,β-unsaturated/α-hetero) is 1. The number of aromatic hydroxyl groups is 1. The number of rotatable bonds is 3. The molecule has 4 heteroatoms. The Hall–Kier alpha value is -1.68. The number of thiazole rings is 1. The standard InChI is InChI=1S/C12H11NO2S/c1-8(14)11-7-16-12(13-11)6-9-2-4-10(15)5-3-9/h2-5,7,15H,6H2,1H3. The lowest BCUT2D eigenvalue weighted by Crippen LogP contribution is -1.93. The summed E-state index contributed by atoms with van der Waals surface area (Å²) in [7, 11) is 0. The molecule has 0 saturated heterocycles. The van der Waals surface area contributed by atoms with Gasteiger partial charge in [0.15, 0.2) is 5.78 Å². The van der Waals surface area contributed by atoms with Crippen LogP contribution < -0.4 is 0 Å². The quantitative estimate of drug-likeness (QED) is 0.829. The van der Waals surface area contributed by atoms with E-state index in [9.17, 15) is 4.79 Å². The summed E-state index contributed by atoms with van der Waals surface area (Å²) in [6, 6.07) is 7.00. The van der Waals surface area contributed by atoms with Crippen molar-refractivity contribution in [3.63, 3.8) is 0 Å². The van der Waals surface area contributed by atoms with E-state index >= 15 is 0 Å². The van der Waals surface area contributed by atoms with E-state index in [1.165, 1.54) is 18.3 Å². The predicted octanol–water partition coefficient (Wildman–Crippen LogP) is 2.64. The maximum Gasteiger partial charge on any atom is 0.178 e. The topological polar surface area (TPSA) is 50.2 Å². The Balaban J connectivity index is 2.14. The molecule has 0 bridgehead atoms. The maximum atomic E-state index is 11.1. The minimum Gasteiger partial charge on any atom is -0.508 e. The predicted molar refractivity (Wildman–Crippen MR) is 63.0 cm³/mol. The van der Waals surface area contributed by atoms with Crippen LogP contribution in [0.1, 0.15) is 28.0 Å². The number of benzene rings is 1. The van der Waals surface area contributed by atoms with Crippen LogP contribution in [0.25, 0.3) is 0 Å². The molecule has 1 aromatic heterocycles. The van der Waals surface area contributed by atoms with Gasteiger partial charge >= 0.3 is 0 Å². The van der Waals surface area contributed by atoms with Gasteiger partial charge in [-0.05, 0) is 17.7 Å². The lowest BCUT2D eigenvalue weighted by Gasteiger charge is -1.97. The van der Waals surface area contributed by atoms with Gasteiger partial charge in [-0.25, -0.2) is 4.98 Å². The zero-order chi connectivity index (χ0) is 11.5. The van der Waals surface area contributed by atoms with Crippen molar-refractivity contribution in [1.29, 1.82) is 0 Å². The monoisotopic (exact) mass is 233 g/mol. The highest BCUT2D eigenvalue weighted by atomic mass is 32.1. The fourth-order valence-corrected chi connectivity index (χ4v) is 2.21. The van der Waals surface area contributed by atoms with E-state index in [0.717, 1.165) is 10.6 Å². The molecule has 82 valence electrons. The van der Waals surface area contributed by atoms with Gasteiger partial charge in [-0.3, -0.25) is 4.79 Å². The van der Waals surface area contributed by atoms with Crippen LogP contribution in [0.4, 0.5) is 0 Å². The summed E-state index contributed by atoms with van der Waals surface area (Å²) in [6.45, 7) is 1.51. The van der Waals surface area contributed by atoms with Gasteiger partial charge < -0.3 is 5.11 Å². The van der Waals surface area contributed by atoms with E-state index < -0.39 is 0 Å². The van der Waals surface area contributed by atoms with Gasteiger partial charge in [-0.2, -0.15) is 0 Å². The number of carbonyl (C=O) groups is 1. The molecule has 1 aromatic carbocycles. The molecule has 0 aliphatic heterocycles. The Bertz CT molecular complexity index is 502. The molecular weight excluding hydrogens is 222 g/mol. The minimum atomic E-state index is -0.00629. The van der Waals surface area contributed by atoms with Gasteiger partial charge in [0.25, 0.3) is 0 Å². The molecule has 1 heterocycles. The third-order valence-electron chi connectivity index (χ3n) is 2.20. The molecule has 16 heavy (non-hydrogen) atoms. The first-order valence-electron chi connectivity index (χ1n) is 4.88. The van der Waals surface area contributed by atoms with Gasteiger partial charge in [0.05, 0.1) is 5.01 Å².